The summed E-state index contributed by atoms with van der Waals surface area (Å²) in [7, 11) is 0. The van der Waals surface area contributed by atoms with Crippen LogP contribution in [0.5, 0.6) is 0 Å². The quantitative estimate of drug-likeness (QED) is 0.499. The number of anilines is 3. The van der Waals surface area contributed by atoms with E-state index in [1.54, 1.807) is 6.07 Å². The minimum Gasteiger partial charge on any atom is -0.383 e. The molecule has 0 unspecified atom stereocenters. The molecule has 0 radical (unpaired) electrons. The van der Waals surface area contributed by atoms with Gasteiger partial charge < -0.3 is 22.1 Å². The van der Waals surface area contributed by atoms with Gasteiger partial charge in [0.25, 0.3) is 5.91 Å². The van der Waals surface area contributed by atoms with Crippen molar-refractivity contribution < 1.29 is 4.79 Å². The molecule has 6 N–H and O–H groups in total. The molecule has 2 aliphatic rings. The van der Waals surface area contributed by atoms with Gasteiger partial charge in [0, 0.05) is 43.8 Å². The standard InChI is InChI=1S/C22H31Cl2N9O/c1-2-14-12-32(22-18(24)29-17(21(27)34)20(26)30-22)9-10-33(14)15-5-7-31(8-6-15)11-13-3-4-16(23)28-19(13)25/h3-4,14-15H,2,5-12H2,1H3,(H2,25,28)(H2,26,30)(H2,27,34)/t14-/m0/s1. The van der Waals surface area contributed by atoms with Crippen LogP contribution in [0, 0.1) is 0 Å². The molecular weight excluding hydrogens is 477 g/mol. The lowest BCUT2D eigenvalue weighted by molar-refractivity contribution is 0.0611. The molecule has 12 heteroatoms. The van der Waals surface area contributed by atoms with Crippen LogP contribution in [0.1, 0.15) is 42.2 Å². The fraction of sp³-hybridized carbons (Fsp3) is 0.545. The van der Waals surface area contributed by atoms with Crippen molar-refractivity contribution in [2.45, 2.75) is 44.8 Å². The molecule has 184 valence electrons. The summed E-state index contributed by atoms with van der Waals surface area (Å²) in [5.74, 6) is 0.275. The highest BCUT2D eigenvalue weighted by Gasteiger charge is 2.34. The van der Waals surface area contributed by atoms with Crippen LogP contribution in [-0.4, -0.2) is 75.5 Å². The molecule has 1 atom stereocenters. The lowest BCUT2D eigenvalue weighted by atomic mass is 9.98. The molecule has 0 spiro atoms. The van der Waals surface area contributed by atoms with Crippen molar-refractivity contribution in [1.82, 2.24) is 24.8 Å². The second-order valence-corrected chi connectivity index (χ2v) is 9.61. The summed E-state index contributed by atoms with van der Waals surface area (Å²) in [5.41, 5.74) is 18.2. The predicted octanol–water partition coefficient (Wildman–Crippen LogP) is 2.01. The molecule has 2 aromatic rings. The average molecular weight is 508 g/mol. The lowest BCUT2D eigenvalue weighted by Crippen LogP contribution is -2.58. The Morgan fingerprint density at radius 2 is 1.79 bits per heavy atom. The third-order valence-corrected chi connectivity index (χ3v) is 7.26. The number of hydrogen-bond acceptors (Lipinski definition) is 9. The first-order chi connectivity index (χ1) is 16.3. The number of hydrogen-bond donors (Lipinski definition) is 3. The summed E-state index contributed by atoms with van der Waals surface area (Å²) in [6.07, 6.45) is 3.19. The molecule has 2 aromatic heterocycles. The van der Waals surface area contributed by atoms with Gasteiger partial charge in [0.1, 0.15) is 11.0 Å². The molecule has 4 heterocycles. The Balaban J connectivity index is 1.37. The van der Waals surface area contributed by atoms with E-state index in [4.69, 9.17) is 40.4 Å². The summed E-state index contributed by atoms with van der Waals surface area (Å²) in [6, 6.07) is 4.63. The topological polar surface area (TPSA) is 144 Å². The number of nitrogens with zero attached hydrogens (tertiary/aromatic N) is 6. The van der Waals surface area contributed by atoms with Crippen LogP contribution in [0.25, 0.3) is 0 Å². The van der Waals surface area contributed by atoms with Crippen LogP contribution in [0.3, 0.4) is 0 Å². The van der Waals surface area contributed by atoms with Crippen LogP contribution >= 0.6 is 23.2 Å². The largest absolute Gasteiger partial charge is 0.383 e. The van der Waals surface area contributed by atoms with E-state index in [0.717, 1.165) is 64.1 Å². The molecule has 10 nitrogen and oxygen atoms in total. The Morgan fingerprint density at radius 3 is 2.44 bits per heavy atom. The summed E-state index contributed by atoms with van der Waals surface area (Å²) in [5, 5.41) is 0.569. The smallest absolute Gasteiger partial charge is 0.271 e. The van der Waals surface area contributed by atoms with Gasteiger partial charge in [-0.05, 0) is 38.4 Å². The molecule has 2 aliphatic heterocycles. The van der Waals surface area contributed by atoms with Crippen molar-refractivity contribution >= 4 is 46.6 Å². The van der Waals surface area contributed by atoms with Crippen molar-refractivity contribution in [2.75, 3.05) is 49.1 Å². The molecule has 2 fully saturated rings. The van der Waals surface area contributed by atoms with E-state index in [1.807, 2.05) is 6.07 Å². The maximum absolute atomic E-state index is 11.5. The van der Waals surface area contributed by atoms with Crippen molar-refractivity contribution in [2.24, 2.45) is 5.73 Å². The number of carbonyl (C=O) groups is 1. The average Bonchev–Trinajstić information content (AvgIpc) is 2.82. The number of rotatable bonds is 6. The van der Waals surface area contributed by atoms with Crippen LogP contribution in [-0.2, 0) is 6.54 Å². The predicted molar refractivity (Wildman–Crippen MR) is 135 cm³/mol. The Kier molecular flexibility index (Phi) is 7.61. The zero-order valence-electron chi connectivity index (χ0n) is 19.3. The Hall–Kier alpha value is -2.40. The number of likely N-dealkylation sites (tertiary alicyclic amines) is 1. The van der Waals surface area contributed by atoms with Gasteiger partial charge in [-0.15, -0.1) is 0 Å². The maximum Gasteiger partial charge on any atom is 0.271 e. The molecule has 2 saturated heterocycles. The summed E-state index contributed by atoms with van der Waals surface area (Å²) in [4.78, 5) is 31.2. The van der Waals surface area contributed by atoms with Gasteiger partial charge >= 0.3 is 0 Å². The zero-order chi connectivity index (χ0) is 24.4. The number of nitrogen functional groups attached to an aromatic ring is 2. The summed E-state index contributed by atoms with van der Waals surface area (Å²) in [6.45, 7) is 7.42. The molecule has 0 aromatic carbocycles. The highest BCUT2D eigenvalue weighted by Crippen LogP contribution is 2.30. The van der Waals surface area contributed by atoms with Crippen LogP contribution < -0.4 is 22.1 Å². The zero-order valence-corrected chi connectivity index (χ0v) is 20.8. The number of amides is 1. The Labute approximate surface area is 209 Å². The van der Waals surface area contributed by atoms with E-state index in [-0.39, 0.29) is 16.7 Å². The Morgan fingerprint density at radius 1 is 1.06 bits per heavy atom. The lowest BCUT2D eigenvalue weighted by Gasteiger charge is -2.47. The minimum absolute atomic E-state index is 0.00581. The van der Waals surface area contributed by atoms with Crippen molar-refractivity contribution in [3.63, 3.8) is 0 Å². The molecule has 0 saturated carbocycles. The van der Waals surface area contributed by atoms with Crippen LogP contribution in [0.4, 0.5) is 17.5 Å². The highest BCUT2D eigenvalue weighted by molar-refractivity contribution is 6.32. The first kappa shape index (κ1) is 24.7. The van der Waals surface area contributed by atoms with E-state index in [9.17, 15) is 4.79 Å². The summed E-state index contributed by atoms with van der Waals surface area (Å²) < 4.78 is 0. The van der Waals surface area contributed by atoms with E-state index in [0.29, 0.717) is 28.9 Å². The fourth-order valence-corrected chi connectivity index (χ4v) is 5.37. The minimum atomic E-state index is -0.740. The van der Waals surface area contributed by atoms with Gasteiger partial charge in [-0.1, -0.05) is 36.2 Å². The molecular formula is C22H31Cl2N9O. The number of carbonyl (C=O) groups excluding carboxylic acids is 1. The molecule has 34 heavy (non-hydrogen) atoms. The van der Waals surface area contributed by atoms with E-state index in [1.165, 1.54) is 0 Å². The van der Waals surface area contributed by atoms with Crippen LogP contribution in [0.2, 0.25) is 10.3 Å². The van der Waals surface area contributed by atoms with Crippen LogP contribution in [0.15, 0.2) is 12.1 Å². The number of piperazine rings is 1. The van der Waals surface area contributed by atoms with Crippen molar-refractivity contribution in [3.05, 3.63) is 33.7 Å². The third-order valence-electron chi connectivity index (χ3n) is 6.79. The second kappa shape index (κ2) is 10.5. The van der Waals surface area contributed by atoms with Gasteiger partial charge in [0.05, 0.1) is 0 Å². The molecule has 0 aliphatic carbocycles. The first-order valence-corrected chi connectivity index (χ1v) is 12.3. The van der Waals surface area contributed by atoms with Gasteiger partial charge in [-0.25, -0.2) is 15.0 Å². The summed E-state index contributed by atoms with van der Waals surface area (Å²) >= 11 is 12.3. The van der Waals surface area contributed by atoms with E-state index in [2.05, 4.69) is 36.6 Å². The number of halogens is 2. The Bertz CT molecular complexity index is 1050. The molecule has 1 amide bonds. The van der Waals surface area contributed by atoms with Gasteiger partial charge in [0.15, 0.2) is 22.5 Å². The van der Waals surface area contributed by atoms with Gasteiger partial charge in [0.2, 0.25) is 0 Å². The number of primary amides is 1. The van der Waals surface area contributed by atoms with Gasteiger partial charge in [-0.2, -0.15) is 0 Å². The van der Waals surface area contributed by atoms with E-state index < -0.39 is 5.91 Å². The number of aromatic nitrogens is 3. The second-order valence-electron chi connectivity index (χ2n) is 8.87. The first-order valence-electron chi connectivity index (χ1n) is 11.5. The van der Waals surface area contributed by atoms with Crippen molar-refractivity contribution in [1.29, 1.82) is 0 Å². The normalized spacial score (nSPS) is 20.6. The molecule has 0 bridgehead atoms. The fourth-order valence-electron chi connectivity index (χ4n) is 4.97. The SMILES string of the molecule is CC[C@H]1CN(c2nc(N)c(C(N)=O)nc2Cl)CCN1C1CCN(Cc2ccc(Cl)nc2N)CC1. The monoisotopic (exact) mass is 507 g/mol. The highest BCUT2D eigenvalue weighted by atomic mass is 35.5. The number of pyridine rings is 1. The van der Waals surface area contributed by atoms with E-state index >= 15 is 0 Å². The van der Waals surface area contributed by atoms with Gasteiger partial charge in [-0.3, -0.25) is 14.6 Å². The number of nitrogens with two attached hydrogens (primary N) is 3. The number of piperidine rings is 1. The van der Waals surface area contributed by atoms with Crippen molar-refractivity contribution in [3.8, 4) is 0 Å². The third kappa shape index (κ3) is 5.30. The maximum atomic E-state index is 11.5. The molecule has 4 rings (SSSR count).